The maximum atomic E-state index is 13.9. The summed E-state index contributed by atoms with van der Waals surface area (Å²) in [5.41, 5.74) is 1.85. The number of benzene rings is 1. The van der Waals surface area contributed by atoms with Crippen molar-refractivity contribution in [3.63, 3.8) is 0 Å². The molecule has 4 aliphatic rings. The molecule has 5 rings (SSSR count). The van der Waals surface area contributed by atoms with Crippen LogP contribution in [0.1, 0.15) is 80.1 Å². The zero-order valence-corrected chi connectivity index (χ0v) is 22.9. The molecule has 0 aromatic heterocycles. The third kappa shape index (κ3) is 5.68. The topological polar surface area (TPSA) is 88.2 Å². The molecule has 0 radical (unpaired) electrons. The summed E-state index contributed by atoms with van der Waals surface area (Å²) in [7, 11) is 1.58. The van der Waals surface area contributed by atoms with Crippen LogP contribution in [-0.4, -0.2) is 91.6 Å². The van der Waals surface area contributed by atoms with Crippen molar-refractivity contribution in [2.45, 2.75) is 88.5 Å². The number of amides is 2. The van der Waals surface area contributed by atoms with Crippen molar-refractivity contribution in [2.24, 2.45) is 5.92 Å². The molecule has 3 saturated heterocycles. The average Bonchev–Trinajstić information content (AvgIpc) is 3.52. The lowest BCUT2D eigenvalue weighted by Gasteiger charge is -2.34. The number of Topliss-reactive ketones (excluding diaryl/α,β-unsaturated/α-hetero) is 1. The van der Waals surface area contributed by atoms with Gasteiger partial charge < -0.3 is 24.6 Å². The van der Waals surface area contributed by atoms with Gasteiger partial charge in [-0.15, -0.1) is 0 Å². The lowest BCUT2D eigenvalue weighted by atomic mass is 9.83. The van der Waals surface area contributed by atoms with Crippen LogP contribution in [0.4, 0.5) is 0 Å². The zero-order valence-electron chi connectivity index (χ0n) is 22.9. The molecule has 1 aliphatic carbocycles. The number of methoxy groups -OCH3 is 1. The van der Waals surface area contributed by atoms with Gasteiger partial charge >= 0.3 is 0 Å². The highest BCUT2D eigenvalue weighted by atomic mass is 16.5. The lowest BCUT2D eigenvalue weighted by molar-refractivity contribution is -0.139. The number of carbonyl (C=O) groups is 3. The molecule has 0 unspecified atom stereocenters. The molecular weight excluding hydrogens is 482 g/mol. The van der Waals surface area contributed by atoms with Gasteiger partial charge in [0.1, 0.15) is 30.9 Å². The minimum absolute atomic E-state index is 0.00338. The summed E-state index contributed by atoms with van der Waals surface area (Å²) in [6.45, 7) is 5.95. The number of likely N-dealkylation sites (tertiary alicyclic amines) is 2. The maximum Gasteiger partial charge on any atom is 0.251 e. The van der Waals surface area contributed by atoms with Crippen LogP contribution < -0.4 is 5.32 Å². The lowest BCUT2D eigenvalue weighted by Crippen LogP contribution is -2.55. The van der Waals surface area contributed by atoms with Crippen LogP contribution in [0.5, 0.6) is 0 Å². The van der Waals surface area contributed by atoms with Gasteiger partial charge in [0.05, 0.1) is 6.54 Å². The summed E-state index contributed by atoms with van der Waals surface area (Å²) in [5, 5.41) is 3.10. The van der Waals surface area contributed by atoms with Gasteiger partial charge in [-0.2, -0.15) is 0 Å². The molecule has 4 fully saturated rings. The molecule has 1 saturated carbocycles. The number of piperidine rings is 1. The summed E-state index contributed by atoms with van der Waals surface area (Å²) in [5.74, 6) is 0.0816. The number of ether oxygens (including phenoxy) is 2. The van der Waals surface area contributed by atoms with Crippen molar-refractivity contribution in [3.05, 3.63) is 35.4 Å². The molecule has 208 valence electrons. The highest BCUT2D eigenvalue weighted by Gasteiger charge is 2.54. The number of ketones is 1. The molecule has 0 spiro atoms. The van der Waals surface area contributed by atoms with E-state index in [-0.39, 0.29) is 36.2 Å². The maximum absolute atomic E-state index is 13.9. The minimum atomic E-state index is -0.657. The van der Waals surface area contributed by atoms with Crippen LogP contribution in [0.2, 0.25) is 0 Å². The third-order valence-corrected chi connectivity index (χ3v) is 9.17. The van der Waals surface area contributed by atoms with Crippen LogP contribution in [0.25, 0.3) is 0 Å². The number of fused-ring (bicyclic) bond motifs is 1. The molecule has 0 bridgehead atoms. The van der Waals surface area contributed by atoms with Crippen LogP contribution in [0.3, 0.4) is 0 Å². The molecule has 4 atom stereocenters. The molecule has 38 heavy (non-hydrogen) atoms. The molecule has 1 N–H and O–H groups in total. The number of rotatable bonds is 8. The van der Waals surface area contributed by atoms with E-state index >= 15 is 0 Å². The van der Waals surface area contributed by atoms with Gasteiger partial charge in [-0.05, 0) is 81.3 Å². The van der Waals surface area contributed by atoms with E-state index in [0.29, 0.717) is 18.0 Å². The van der Waals surface area contributed by atoms with Gasteiger partial charge in [0.2, 0.25) is 5.91 Å². The van der Waals surface area contributed by atoms with Crippen LogP contribution in [0, 0.1) is 5.92 Å². The molecule has 1 aromatic rings. The molecule has 1 aromatic carbocycles. The number of nitrogens with one attached hydrogen (secondary N) is 1. The van der Waals surface area contributed by atoms with E-state index in [1.165, 1.54) is 18.5 Å². The monoisotopic (exact) mass is 525 g/mol. The summed E-state index contributed by atoms with van der Waals surface area (Å²) in [6, 6.07) is 6.66. The van der Waals surface area contributed by atoms with Gasteiger partial charge in [-0.1, -0.05) is 38.3 Å². The van der Waals surface area contributed by atoms with Crippen molar-refractivity contribution in [3.8, 4) is 0 Å². The van der Waals surface area contributed by atoms with Crippen LogP contribution in [0.15, 0.2) is 24.3 Å². The van der Waals surface area contributed by atoms with E-state index < -0.39 is 18.2 Å². The van der Waals surface area contributed by atoms with Crippen molar-refractivity contribution in [1.29, 1.82) is 0 Å². The predicted molar refractivity (Wildman–Crippen MR) is 144 cm³/mol. The summed E-state index contributed by atoms with van der Waals surface area (Å²) in [4.78, 5) is 44.1. The summed E-state index contributed by atoms with van der Waals surface area (Å²) in [6.07, 6.45) is 7.75. The first-order chi connectivity index (χ1) is 18.5. The first-order valence-electron chi connectivity index (χ1n) is 14.6. The second-order valence-electron chi connectivity index (χ2n) is 11.5. The molecule has 8 heteroatoms. The van der Waals surface area contributed by atoms with Crippen molar-refractivity contribution in [2.75, 3.05) is 39.9 Å². The Bertz CT molecular complexity index is 984. The largest absolute Gasteiger partial charge is 0.377 e. The Morgan fingerprint density at radius 3 is 2.45 bits per heavy atom. The Labute approximate surface area is 226 Å². The quantitative estimate of drug-likeness (QED) is 0.561. The Kier molecular flexibility index (Phi) is 8.81. The smallest absolute Gasteiger partial charge is 0.251 e. The van der Waals surface area contributed by atoms with Gasteiger partial charge in [-0.25, -0.2) is 0 Å². The number of nitrogens with zero attached hydrogens (tertiary/aromatic N) is 2. The number of hydrogen-bond acceptors (Lipinski definition) is 6. The Morgan fingerprint density at radius 2 is 1.79 bits per heavy atom. The van der Waals surface area contributed by atoms with Gasteiger partial charge in [0.25, 0.3) is 5.91 Å². The van der Waals surface area contributed by atoms with E-state index in [0.717, 1.165) is 58.0 Å². The van der Waals surface area contributed by atoms with E-state index in [9.17, 15) is 14.4 Å². The fourth-order valence-corrected chi connectivity index (χ4v) is 7.01. The zero-order chi connectivity index (χ0) is 26.6. The molecule has 2 amide bonds. The first kappa shape index (κ1) is 27.3. The van der Waals surface area contributed by atoms with Gasteiger partial charge in [0.15, 0.2) is 5.78 Å². The fourth-order valence-electron chi connectivity index (χ4n) is 7.01. The van der Waals surface area contributed by atoms with Crippen molar-refractivity contribution < 1.29 is 23.9 Å². The number of carbonyl (C=O) groups excluding carboxylic acids is 3. The summed E-state index contributed by atoms with van der Waals surface area (Å²) < 4.78 is 11.2. The fraction of sp³-hybridized carbons (Fsp3) is 0.700. The third-order valence-electron chi connectivity index (χ3n) is 9.17. The van der Waals surface area contributed by atoms with E-state index in [1.54, 1.807) is 12.0 Å². The average molecular weight is 526 g/mol. The van der Waals surface area contributed by atoms with E-state index in [4.69, 9.17) is 9.47 Å². The highest BCUT2D eigenvalue weighted by Crippen LogP contribution is 2.33. The van der Waals surface area contributed by atoms with Gasteiger partial charge in [-0.3, -0.25) is 14.4 Å². The standard InChI is InChI=1S/C30H43N3O5/c1-3-15-32-16-13-21(14-17-32)20-9-11-23(12-10-20)29(35)31-26(22-7-5-4-6-8-22)30(36)33-18-25(37-2)28-27(33)24(34)19-38-28/h9-12,21-22,25-28H,3-8,13-19H2,1-2H3,(H,31,35)/t25-,26-,27+,28+/m0/s1. The Balaban J connectivity index is 1.28. The second-order valence-corrected chi connectivity index (χ2v) is 11.5. The van der Waals surface area contributed by atoms with E-state index in [1.807, 2.05) is 12.1 Å². The second kappa shape index (κ2) is 12.3. The molecule has 8 nitrogen and oxygen atoms in total. The highest BCUT2D eigenvalue weighted by molar-refractivity contribution is 5.99. The van der Waals surface area contributed by atoms with Crippen molar-refractivity contribution in [1.82, 2.24) is 15.1 Å². The Morgan fingerprint density at radius 1 is 1.08 bits per heavy atom. The SMILES string of the molecule is CCCN1CCC(c2ccc(C(=O)N[C@H](C(=O)N3C[C@H](OC)[C@H]4OCC(=O)[C@H]43)C3CCCCC3)cc2)CC1. The normalized spacial score (nSPS) is 27.9. The first-order valence-corrected chi connectivity index (χ1v) is 14.6. The minimum Gasteiger partial charge on any atom is -0.377 e. The molecule has 3 heterocycles. The molecular formula is C30H43N3O5. The predicted octanol–water partition coefficient (Wildman–Crippen LogP) is 3.15. The van der Waals surface area contributed by atoms with E-state index in [2.05, 4.69) is 29.3 Å². The Hall–Kier alpha value is -2.29. The molecule has 3 aliphatic heterocycles. The van der Waals surface area contributed by atoms with Crippen LogP contribution in [-0.2, 0) is 19.1 Å². The van der Waals surface area contributed by atoms with Crippen LogP contribution >= 0.6 is 0 Å². The summed E-state index contributed by atoms with van der Waals surface area (Å²) >= 11 is 0. The van der Waals surface area contributed by atoms with Crippen molar-refractivity contribution >= 4 is 17.6 Å². The number of hydrogen-bond donors (Lipinski definition) is 1. The van der Waals surface area contributed by atoms with Gasteiger partial charge in [0, 0.05) is 12.7 Å².